The number of hydrogen-bond acceptors (Lipinski definition) is 24. The molecule has 0 aliphatic heterocycles. The van der Waals surface area contributed by atoms with Crippen LogP contribution in [0.15, 0.2) is 91.0 Å². The SMILES string of the molecule is CC(C)[C@H](NC(=O)[C@H](CC(=O)O)NC(=O)CNC(=O)[C@H](Cc1ccccc1)NC(=O)[C@@H](NC(=O)[C@H](CCC(=O)O)NC(=O)[C@H](CCC(N)=O)NC(=O)[C@H](Cc1ccccc1)NC(=O)[C@@H](N)CCCNC(=N)N)[C@@H](C)O)C(=O)N[C@@H](Cc1ccccc1)C(=O)N[C@@H](CO)C(=O)N[C@@H](CC(=O)O)C(=O)N[C@@H](CCCNC(=N)N)C(=O)N[C@@H](CO)C(=O)O. The lowest BCUT2D eigenvalue weighted by Crippen LogP contribution is -2.62. The molecule has 0 saturated heterocycles. The highest BCUT2D eigenvalue weighted by molar-refractivity contribution is 6.01. The lowest BCUT2D eigenvalue weighted by molar-refractivity contribution is -0.144. The Morgan fingerprint density at radius 1 is 0.358 bits per heavy atom. The first-order valence-corrected chi connectivity index (χ1v) is 37.6. The molecule has 0 radical (unpaired) electrons. The van der Waals surface area contributed by atoms with E-state index in [1.165, 1.54) is 38.1 Å². The Bertz CT molecular complexity index is 4050. The average molecular weight is 1690 g/mol. The van der Waals surface area contributed by atoms with Crippen molar-refractivity contribution in [1.82, 2.24) is 79.8 Å². The molecule has 32 N–H and O–H groups in total. The number of nitrogens with two attached hydrogens (primary N) is 4. The van der Waals surface area contributed by atoms with Gasteiger partial charge >= 0.3 is 23.9 Å². The summed E-state index contributed by atoms with van der Waals surface area (Å²) in [4.78, 5) is 242. The Hall–Kier alpha value is -13.5. The normalized spacial score (nSPS) is 14.4. The Labute approximate surface area is 686 Å². The second-order valence-corrected chi connectivity index (χ2v) is 27.8. The maximum atomic E-state index is 14.4. The van der Waals surface area contributed by atoms with Gasteiger partial charge in [0.2, 0.25) is 82.7 Å². The van der Waals surface area contributed by atoms with Crippen LogP contribution in [0.1, 0.15) is 102 Å². The van der Waals surface area contributed by atoms with Crippen molar-refractivity contribution >= 4 is 118 Å². The number of amides is 14. The number of primary amides is 1. The number of carboxylic acids is 4. The Balaban J connectivity index is 1.88. The molecule has 3 aromatic carbocycles. The molecule has 46 nitrogen and oxygen atoms in total. The van der Waals surface area contributed by atoms with Crippen LogP contribution in [0.25, 0.3) is 0 Å². The van der Waals surface area contributed by atoms with Crippen LogP contribution in [0.5, 0.6) is 0 Å². The molecule has 0 saturated carbocycles. The summed E-state index contributed by atoms with van der Waals surface area (Å²) in [7, 11) is 0. The second-order valence-electron chi connectivity index (χ2n) is 27.8. The van der Waals surface area contributed by atoms with E-state index in [2.05, 4.69) is 74.4 Å². The molecule has 3 rings (SSSR count). The third-order valence-corrected chi connectivity index (χ3v) is 17.7. The van der Waals surface area contributed by atoms with Gasteiger partial charge in [0, 0.05) is 45.2 Å². The van der Waals surface area contributed by atoms with Crippen LogP contribution in [0, 0.1) is 16.7 Å². The molecule has 0 aliphatic carbocycles. The number of aliphatic hydroxyl groups excluding tert-OH is 3. The van der Waals surface area contributed by atoms with Crippen LogP contribution in [-0.2, 0) is 106 Å². The molecule has 3 aromatic rings. The molecule has 46 heteroatoms. The molecule has 120 heavy (non-hydrogen) atoms. The largest absolute Gasteiger partial charge is 0.481 e. The highest BCUT2D eigenvalue weighted by atomic mass is 16.4. The van der Waals surface area contributed by atoms with Gasteiger partial charge in [0.05, 0.1) is 44.7 Å². The fraction of sp³-hybridized carbons (Fsp3) is 0.486. The topological polar surface area (TPSA) is 781 Å². The molecule has 0 fully saturated rings. The number of aliphatic hydroxyl groups is 3. The van der Waals surface area contributed by atoms with Crippen LogP contribution in [0.2, 0.25) is 0 Å². The van der Waals surface area contributed by atoms with E-state index in [0.29, 0.717) is 16.7 Å². The highest BCUT2D eigenvalue weighted by Gasteiger charge is 2.39. The number of rotatable bonds is 55. The molecule has 0 unspecified atom stereocenters. The van der Waals surface area contributed by atoms with Gasteiger partial charge in [0.15, 0.2) is 11.9 Å². The lowest BCUT2D eigenvalue weighted by Gasteiger charge is -2.28. The smallest absolute Gasteiger partial charge is 0.328 e. The second kappa shape index (κ2) is 52.2. The van der Waals surface area contributed by atoms with E-state index in [-0.39, 0.29) is 64.0 Å². The monoisotopic (exact) mass is 1690 g/mol. The molecule has 0 spiro atoms. The van der Waals surface area contributed by atoms with Crippen molar-refractivity contribution in [3.05, 3.63) is 108 Å². The van der Waals surface area contributed by atoms with E-state index in [4.69, 9.17) is 33.8 Å². The zero-order chi connectivity index (χ0) is 89.9. The van der Waals surface area contributed by atoms with Crippen molar-refractivity contribution in [2.24, 2.45) is 28.9 Å². The third-order valence-electron chi connectivity index (χ3n) is 17.7. The maximum absolute atomic E-state index is 14.4. The number of aliphatic carboxylic acids is 4. The molecule has 658 valence electrons. The minimum Gasteiger partial charge on any atom is -0.481 e. The lowest BCUT2D eigenvalue weighted by atomic mass is 10.00. The van der Waals surface area contributed by atoms with Crippen LogP contribution in [-0.4, -0.2) is 272 Å². The number of hydrogen-bond donors (Lipinski definition) is 28. The molecule has 0 bridgehead atoms. The van der Waals surface area contributed by atoms with Gasteiger partial charge < -0.3 is 138 Å². The van der Waals surface area contributed by atoms with E-state index < -0.39 is 261 Å². The predicted octanol–water partition coefficient (Wildman–Crippen LogP) is -9.31. The number of nitrogens with one attached hydrogen (secondary N) is 17. The molecule has 14 atom stereocenters. The minimum atomic E-state index is -2.08. The van der Waals surface area contributed by atoms with Crippen LogP contribution in [0.3, 0.4) is 0 Å². The van der Waals surface area contributed by atoms with Crippen LogP contribution < -0.4 is 103 Å². The quantitative estimate of drug-likeness (QED) is 0.0142. The first-order valence-electron chi connectivity index (χ1n) is 37.6. The van der Waals surface area contributed by atoms with Crippen molar-refractivity contribution in [3.63, 3.8) is 0 Å². The standard InChI is InChI=1S/C74H107N21O25/c1-37(2)58(70(117)91-48(31-41-19-11-6-12-20-41)66(113)92-51(35-96)69(116)89-50(33-57(105)106)67(114)85-43(22-14-28-82-74(79)80)62(109)93-52(36-97)72(119)120)94-68(115)49(32-56(103)104)84-54(100)34-83-61(108)46(29-39-15-7-4-8-16-39)90-71(118)59(38(3)98)95-64(111)45(24-26-55(101)102)86-63(110)44(23-25-53(76)99)87-65(112)47(30-40-17-9-5-10-18-40)88-60(107)42(75)21-13-27-81-73(77)78/h4-12,15-20,37-38,42-52,58-59,96-98H,13-14,21-36,75H2,1-3H3,(H2,76,99)(H,83,108)(H,84,100)(H,85,114)(H,86,110)(H,87,112)(H,88,107)(H,89,116)(H,90,118)(H,91,117)(H,92,113)(H,93,109)(H,94,115)(H,95,111)(H,101,102)(H,103,104)(H,105,106)(H,119,120)(H4,77,78,81)(H4,79,80,82)/t38-,42+,43+,44+,45+,46+,47+,48+,49+,50+,51+,52+,58+,59+/m1/s1. The summed E-state index contributed by atoms with van der Waals surface area (Å²) < 4.78 is 0. The summed E-state index contributed by atoms with van der Waals surface area (Å²) in [6.07, 6.45) is -7.79. The van der Waals surface area contributed by atoms with Gasteiger partial charge in [-0.05, 0) is 68.1 Å². The van der Waals surface area contributed by atoms with Gasteiger partial charge in [-0.25, -0.2) is 4.79 Å². The van der Waals surface area contributed by atoms with Crippen LogP contribution in [0.4, 0.5) is 0 Å². The minimum absolute atomic E-state index is 0.0351. The fourth-order valence-electron chi connectivity index (χ4n) is 11.3. The number of carboxylic acid groups (broad SMARTS) is 4. The van der Waals surface area contributed by atoms with Crippen LogP contribution >= 0.6 is 0 Å². The van der Waals surface area contributed by atoms with Gasteiger partial charge in [-0.1, -0.05) is 105 Å². The van der Waals surface area contributed by atoms with Crippen molar-refractivity contribution in [3.8, 4) is 0 Å². The maximum Gasteiger partial charge on any atom is 0.328 e. The number of guanidine groups is 2. The number of carbonyl (C=O) groups excluding carboxylic acids is 14. The van der Waals surface area contributed by atoms with Gasteiger partial charge in [-0.15, -0.1) is 0 Å². The van der Waals surface area contributed by atoms with E-state index in [0.717, 1.165) is 6.92 Å². The average Bonchev–Trinajstić information content (AvgIpc) is 0.852. The van der Waals surface area contributed by atoms with Crippen molar-refractivity contribution in [2.75, 3.05) is 32.8 Å². The Kier molecular flexibility index (Phi) is 43.8. The van der Waals surface area contributed by atoms with Gasteiger partial charge in [0.25, 0.3) is 0 Å². The predicted molar refractivity (Wildman–Crippen MR) is 421 cm³/mol. The van der Waals surface area contributed by atoms with Gasteiger partial charge in [-0.3, -0.25) is 92.3 Å². The molecule has 0 heterocycles. The molecular formula is C74H107N21O25. The van der Waals surface area contributed by atoms with Crippen molar-refractivity contribution < 1.29 is 122 Å². The first-order chi connectivity index (χ1) is 56.6. The van der Waals surface area contributed by atoms with Crippen molar-refractivity contribution in [1.29, 1.82) is 10.8 Å². The zero-order valence-electron chi connectivity index (χ0n) is 65.8. The van der Waals surface area contributed by atoms with E-state index >= 15 is 0 Å². The molecule has 14 amide bonds. The summed E-state index contributed by atoms with van der Waals surface area (Å²) in [6, 6.07) is 0.557. The van der Waals surface area contributed by atoms with Gasteiger partial charge in [0.1, 0.15) is 72.5 Å². The summed E-state index contributed by atoms with van der Waals surface area (Å²) in [6.45, 7) is 0.555. The summed E-state index contributed by atoms with van der Waals surface area (Å²) in [5, 5.41) is 119. The fourth-order valence-corrected chi connectivity index (χ4v) is 11.3. The first kappa shape index (κ1) is 101. The molecular weight excluding hydrogens is 1580 g/mol. The Morgan fingerprint density at radius 3 is 1.10 bits per heavy atom. The zero-order valence-corrected chi connectivity index (χ0v) is 65.8. The van der Waals surface area contributed by atoms with E-state index in [1.54, 1.807) is 66.7 Å². The highest BCUT2D eigenvalue weighted by Crippen LogP contribution is 2.14. The van der Waals surface area contributed by atoms with Crippen molar-refractivity contribution in [2.45, 2.75) is 189 Å². The molecule has 0 aliphatic rings. The summed E-state index contributed by atoms with van der Waals surface area (Å²) in [5.41, 5.74) is 23.4. The third kappa shape index (κ3) is 38.1. The Morgan fingerprint density at radius 2 is 0.692 bits per heavy atom. The van der Waals surface area contributed by atoms with E-state index in [9.17, 15) is 122 Å². The van der Waals surface area contributed by atoms with Gasteiger partial charge in [-0.2, -0.15) is 0 Å². The van der Waals surface area contributed by atoms with E-state index in [1.807, 2.05) is 5.32 Å². The summed E-state index contributed by atoms with van der Waals surface area (Å²) in [5.74, 6) is -24.8. The summed E-state index contributed by atoms with van der Waals surface area (Å²) >= 11 is 0. The number of carbonyl (C=O) groups is 18. The number of benzene rings is 3. The molecule has 0 aromatic heterocycles.